The lowest BCUT2D eigenvalue weighted by atomic mass is 9.90. The number of amides is 1. The average molecular weight is 393 g/mol. The summed E-state index contributed by atoms with van der Waals surface area (Å²) in [6, 6.07) is 8.14. The third kappa shape index (κ3) is 3.44. The number of allylic oxidation sites excluding steroid dienone is 2. The first kappa shape index (κ1) is 17.6. The van der Waals surface area contributed by atoms with Crippen molar-refractivity contribution in [2.24, 2.45) is 5.92 Å². The molecule has 0 aromatic heterocycles. The monoisotopic (exact) mass is 392 g/mol. The first-order valence-corrected chi connectivity index (χ1v) is 9.39. The number of hydrogen-bond donors (Lipinski definition) is 1. The number of halogens is 1. The Bertz CT molecular complexity index is 600. The number of hydrogen-bond acceptors (Lipinski definition) is 3. The lowest BCUT2D eigenvalue weighted by Crippen LogP contribution is -2.57. The standard InChI is InChI=1S/C19H25BrN2O2/c1-19(14-23,16-6-8-17(20)9-7-16)22-12-10-21(11-13-22)18(24)15-4-2-3-5-15/h2-3,6-9,15,23H,4-5,10-14H2,1H3. The molecule has 1 aliphatic heterocycles. The van der Waals surface area contributed by atoms with Crippen LogP contribution in [0, 0.1) is 5.92 Å². The second-order valence-electron chi connectivity index (χ2n) is 6.89. The number of piperazine rings is 1. The number of carbonyl (C=O) groups is 1. The van der Waals surface area contributed by atoms with Gasteiger partial charge in [-0.15, -0.1) is 0 Å². The predicted octanol–water partition coefficient (Wildman–Crippen LogP) is 2.77. The molecule has 0 saturated carbocycles. The fourth-order valence-corrected chi connectivity index (χ4v) is 3.94. The molecule has 1 aromatic carbocycles. The summed E-state index contributed by atoms with van der Waals surface area (Å²) < 4.78 is 1.03. The average Bonchev–Trinajstić information content (AvgIpc) is 3.16. The summed E-state index contributed by atoms with van der Waals surface area (Å²) in [5, 5.41) is 10.1. The van der Waals surface area contributed by atoms with Crippen LogP contribution in [0.3, 0.4) is 0 Å². The fraction of sp³-hybridized carbons (Fsp3) is 0.526. The van der Waals surface area contributed by atoms with Crippen molar-refractivity contribution < 1.29 is 9.90 Å². The van der Waals surface area contributed by atoms with E-state index < -0.39 is 5.54 Å². The van der Waals surface area contributed by atoms with Crippen LogP contribution in [0.1, 0.15) is 25.3 Å². The van der Waals surface area contributed by atoms with E-state index in [9.17, 15) is 9.90 Å². The minimum atomic E-state index is -0.412. The molecule has 0 bridgehead atoms. The van der Waals surface area contributed by atoms with Crippen molar-refractivity contribution in [3.8, 4) is 0 Å². The Hall–Kier alpha value is -1.17. The van der Waals surface area contributed by atoms with E-state index in [1.807, 2.05) is 17.0 Å². The van der Waals surface area contributed by atoms with Crippen molar-refractivity contribution in [1.82, 2.24) is 9.80 Å². The summed E-state index contributed by atoms with van der Waals surface area (Å²) in [5.74, 6) is 0.432. The van der Waals surface area contributed by atoms with Gasteiger partial charge in [0.2, 0.25) is 5.91 Å². The molecule has 0 spiro atoms. The molecule has 1 amide bonds. The van der Waals surface area contributed by atoms with Crippen LogP contribution in [-0.2, 0) is 10.3 Å². The van der Waals surface area contributed by atoms with Crippen LogP contribution in [0.25, 0.3) is 0 Å². The molecule has 1 aliphatic carbocycles. The molecule has 4 nitrogen and oxygen atoms in total. The van der Waals surface area contributed by atoms with Crippen molar-refractivity contribution in [3.63, 3.8) is 0 Å². The van der Waals surface area contributed by atoms with Gasteiger partial charge in [0, 0.05) is 36.6 Å². The van der Waals surface area contributed by atoms with Crippen molar-refractivity contribution in [1.29, 1.82) is 0 Å². The maximum atomic E-state index is 12.5. The van der Waals surface area contributed by atoms with Gasteiger partial charge in [-0.25, -0.2) is 0 Å². The maximum absolute atomic E-state index is 12.5. The summed E-state index contributed by atoms with van der Waals surface area (Å²) >= 11 is 3.46. The molecular formula is C19H25BrN2O2. The van der Waals surface area contributed by atoms with Gasteiger partial charge in [0.05, 0.1) is 12.1 Å². The highest BCUT2D eigenvalue weighted by molar-refractivity contribution is 9.10. The molecule has 1 fully saturated rings. The Morgan fingerprint density at radius 2 is 1.75 bits per heavy atom. The summed E-state index contributed by atoms with van der Waals surface area (Å²) in [6.07, 6.45) is 5.98. The van der Waals surface area contributed by atoms with Crippen molar-refractivity contribution in [2.75, 3.05) is 32.8 Å². The van der Waals surface area contributed by atoms with Crippen molar-refractivity contribution in [3.05, 3.63) is 46.5 Å². The third-order valence-electron chi connectivity index (χ3n) is 5.42. The summed E-state index contributed by atoms with van der Waals surface area (Å²) in [6.45, 7) is 5.20. The quantitative estimate of drug-likeness (QED) is 0.801. The van der Waals surface area contributed by atoms with Gasteiger partial charge in [-0.3, -0.25) is 9.69 Å². The Morgan fingerprint density at radius 3 is 2.29 bits per heavy atom. The SMILES string of the molecule is CC(CO)(c1ccc(Br)cc1)N1CCN(C(=O)C2CC=CC2)CC1. The van der Waals surface area contributed by atoms with Crippen LogP contribution in [0.15, 0.2) is 40.9 Å². The minimum absolute atomic E-state index is 0.0646. The van der Waals surface area contributed by atoms with Gasteiger partial charge < -0.3 is 10.0 Å². The number of benzene rings is 1. The highest BCUT2D eigenvalue weighted by Crippen LogP contribution is 2.30. The number of aliphatic hydroxyl groups is 1. The van der Waals surface area contributed by atoms with Crippen LogP contribution in [0.2, 0.25) is 0 Å². The number of nitrogens with zero attached hydrogens (tertiary/aromatic N) is 2. The third-order valence-corrected chi connectivity index (χ3v) is 5.95. The maximum Gasteiger partial charge on any atom is 0.226 e. The number of carbonyl (C=O) groups excluding carboxylic acids is 1. The summed E-state index contributed by atoms with van der Waals surface area (Å²) in [5.41, 5.74) is 0.693. The van der Waals surface area contributed by atoms with Crippen LogP contribution < -0.4 is 0 Å². The van der Waals surface area contributed by atoms with Gasteiger partial charge in [0.25, 0.3) is 0 Å². The van der Waals surface area contributed by atoms with E-state index in [-0.39, 0.29) is 18.4 Å². The van der Waals surface area contributed by atoms with Crippen LogP contribution in [-0.4, -0.2) is 53.6 Å². The van der Waals surface area contributed by atoms with E-state index in [0.717, 1.165) is 49.1 Å². The van der Waals surface area contributed by atoms with Crippen molar-refractivity contribution >= 4 is 21.8 Å². The van der Waals surface area contributed by atoms with E-state index in [1.54, 1.807) is 0 Å². The molecule has 1 heterocycles. The fourth-order valence-electron chi connectivity index (χ4n) is 3.68. The molecule has 1 N–H and O–H groups in total. The smallest absolute Gasteiger partial charge is 0.226 e. The second-order valence-corrected chi connectivity index (χ2v) is 7.81. The molecule has 3 rings (SSSR count). The lowest BCUT2D eigenvalue weighted by Gasteiger charge is -2.45. The van der Waals surface area contributed by atoms with Gasteiger partial charge in [-0.2, -0.15) is 0 Å². The van der Waals surface area contributed by atoms with Crippen LogP contribution in [0.5, 0.6) is 0 Å². The molecule has 130 valence electrons. The molecule has 1 unspecified atom stereocenters. The van der Waals surface area contributed by atoms with E-state index >= 15 is 0 Å². The van der Waals surface area contributed by atoms with E-state index in [1.165, 1.54) is 0 Å². The van der Waals surface area contributed by atoms with Crippen LogP contribution >= 0.6 is 15.9 Å². The first-order valence-electron chi connectivity index (χ1n) is 8.60. The topological polar surface area (TPSA) is 43.8 Å². The highest BCUT2D eigenvalue weighted by Gasteiger charge is 2.37. The zero-order chi connectivity index (χ0) is 17.2. The predicted molar refractivity (Wildman–Crippen MR) is 98.6 cm³/mol. The molecule has 0 radical (unpaired) electrons. The number of aliphatic hydroxyl groups excluding tert-OH is 1. The zero-order valence-corrected chi connectivity index (χ0v) is 15.7. The Labute approximate surface area is 152 Å². The zero-order valence-electron chi connectivity index (χ0n) is 14.1. The first-order chi connectivity index (χ1) is 11.5. The van der Waals surface area contributed by atoms with E-state index in [4.69, 9.17) is 0 Å². The lowest BCUT2D eigenvalue weighted by molar-refractivity contribution is -0.138. The largest absolute Gasteiger partial charge is 0.394 e. The number of rotatable bonds is 4. The Morgan fingerprint density at radius 1 is 1.17 bits per heavy atom. The minimum Gasteiger partial charge on any atom is -0.394 e. The van der Waals surface area contributed by atoms with Gasteiger partial charge in [-0.1, -0.05) is 40.2 Å². The van der Waals surface area contributed by atoms with Gasteiger partial charge >= 0.3 is 0 Å². The molecule has 1 aromatic rings. The van der Waals surface area contributed by atoms with Gasteiger partial charge in [-0.05, 0) is 37.5 Å². The summed E-state index contributed by atoms with van der Waals surface area (Å²) in [7, 11) is 0. The Kier molecular flexibility index (Phi) is 5.42. The van der Waals surface area contributed by atoms with E-state index in [0.29, 0.717) is 0 Å². The molecule has 1 saturated heterocycles. The Balaban J connectivity index is 1.65. The molecule has 1 atom stereocenters. The van der Waals surface area contributed by atoms with Crippen LogP contribution in [0.4, 0.5) is 0 Å². The highest BCUT2D eigenvalue weighted by atomic mass is 79.9. The van der Waals surface area contributed by atoms with Gasteiger partial charge in [0.1, 0.15) is 0 Å². The molecule has 24 heavy (non-hydrogen) atoms. The normalized spacial score (nSPS) is 21.9. The summed E-state index contributed by atoms with van der Waals surface area (Å²) in [4.78, 5) is 16.8. The van der Waals surface area contributed by atoms with Gasteiger partial charge in [0.15, 0.2) is 0 Å². The molecular weight excluding hydrogens is 368 g/mol. The molecule has 5 heteroatoms. The van der Waals surface area contributed by atoms with E-state index in [2.05, 4.69) is 52.0 Å². The van der Waals surface area contributed by atoms with Crippen molar-refractivity contribution in [2.45, 2.75) is 25.3 Å². The second kappa shape index (κ2) is 7.38. The molecule has 2 aliphatic rings.